The molecule has 2 N–H and O–H groups in total. The Morgan fingerprint density at radius 3 is 1.97 bits per heavy atom. The molecule has 0 saturated carbocycles. The molecule has 2 saturated heterocycles. The summed E-state index contributed by atoms with van der Waals surface area (Å²) in [5.41, 5.74) is 0. The van der Waals surface area contributed by atoms with Gasteiger partial charge in [-0.15, -0.1) is 23.5 Å². The standard InChI is InChI=1S/C21H34N4O6S2/c1-20(2)24(12-26)15(10-32-20)17(28)22-9-7-6-8-14(19(30)31-5)23-18(29)16-11-33-21(3,4)25(16)13-27/h12-16H,6-11H2,1-5H3,(H,22,28)(H,23,29)/t14-,15-,16+/m1/s1. The van der Waals surface area contributed by atoms with E-state index in [9.17, 15) is 24.0 Å². The summed E-state index contributed by atoms with van der Waals surface area (Å²) < 4.78 is 4.82. The van der Waals surface area contributed by atoms with Crippen LogP contribution in [0.1, 0.15) is 47.0 Å². The summed E-state index contributed by atoms with van der Waals surface area (Å²) in [7, 11) is 1.26. The van der Waals surface area contributed by atoms with Crippen LogP contribution < -0.4 is 10.6 Å². The van der Waals surface area contributed by atoms with Crippen molar-refractivity contribution in [3.05, 3.63) is 0 Å². The van der Waals surface area contributed by atoms with E-state index in [1.807, 2.05) is 27.7 Å². The number of amides is 4. The first-order chi connectivity index (χ1) is 15.5. The van der Waals surface area contributed by atoms with Crippen molar-refractivity contribution in [1.29, 1.82) is 0 Å². The lowest BCUT2D eigenvalue weighted by Crippen LogP contribution is -2.53. The van der Waals surface area contributed by atoms with Gasteiger partial charge in [-0.3, -0.25) is 19.2 Å². The Kier molecular flexibility index (Phi) is 9.48. The van der Waals surface area contributed by atoms with Crippen molar-refractivity contribution in [3.8, 4) is 0 Å². The van der Waals surface area contributed by atoms with Crippen molar-refractivity contribution in [2.75, 3.05) is 25.2 Å². The first kappa shape index (κ1) is 27.3. The quantitative estimate of drug-likeness (QED) is 0.238. The van der Waals surface area contributed by atoms with Gasteiger partial charge >= 0.3 is 5.97 Å². The molecule has 0 unspecified atom stereocenters. The number of nitrogens with zero attached hydrogens (tertiary/aromatic N) is 2. The zero-order valence-electron chi connectivity index (χ0n) is 19.8. The molecule has 33 heavy (non-hydrogen) atoms. The van der Waals surface area contributed by atoms with Gasteiger partial charge in [0.15, 0.2) is 0 Å². The summed E-state index contributed by atoms with van der Waals surface area (Å²) in [6.07, 6.45) is 2.86. The molecular formula is C21H34N4O6S2. The number of rotatable bonds is 11. The molecule has 0 bridgehead atoms. The third-order valence-corrected chi connectivity index (χ3v) is 8.76. The molecular weight excluding hydrogens is 468 g/mol. The maximum absolute atomic E-state index is 12.7. The summed E-state index contributed by atoms with van der Waals surface area (Å²) >= 11 is 3.05. The molecule has 3 atom stereocenters. The number of ether oxygens (including phenoxy) is 1. The molecule has 0 aromatic carbocycles. The molecule has 2 rings (SSSR count). The largest absolute Gasteiger partial charge is 0.467 e. The van der Waals surface area contributed by atoms with Gasteiger partial charge in [-0.05, 0) is 47.0 Å². The van der Waals surface area contributed by atoms with Gasteiger partial charge in [0.2, 0.25) is 24.6 Å². The molecule has 2 heterocycles. The molecule has 0 aromatic rings. The topological polar surface area (TPSA) is 125 Å². The van der Waals surface area contributed by atoms with Crippen molar-refractivity contribution < 1.29 is 28.7 Å². The number of carbonyl (C=O) groups excluding carboxylic acids is 5. The summed E-state index contributed by atoms with van der Waals surface area (Å²) in [5.74, 6) is -0.151. The molecule has 0 aliphatic carbocycles. The number of hydrogen-bond acceptors (Lipinski definition) is 8. The van der Waals surface area contributed by atoms with E-state index in [1.54, 1.807) is 11.8 Å². The Labute approximate surface area is 203 Å². The molecule has 4 amide bonds. The van der Waals surface area contributed by atoms with E-state index < -0.39 is 33.8 Å². The Hall–Kier alpha value is -1.95. The third-order valence-electron chi connectivity index (χ3n) is 5.96. The van der Waals surface area contributed by atoms with Crippen LogP contribution >= 0.6 is 23.5 Å². The van der Waals surface area contributed by atoms with Gasteiger partial charge < -0.3 is 25.2 Å². The van der Waals surface area contributed by atoms with Crippen molar-refractivity contribution >= 4 is 54.1 Å². The normalized spacial score (nSPS) is 24.2. The van der Waals surface area contributed by atoms with Gasteiger partial charge in [0.1, 0.15) is 18.1 Å². The molecule has 0 radical (unpaired) electrons. The van der Waals surface area contributed by atoms with Crippen LogP contribution in [-0.4, -0.2) is 93.4 Å². The first-order valence-corrected chi connectivity index (χ1v) is 12.9. The molecule has 2 aliphatic rings. The Bertz CT molecular complexity index is 763. The Balaban J connectivity index is 1.81. The Morgan fingerprint density at radius 2 is 1.48 bits per heavy atom. The molecule has 0 spiro atoms. The average molecular weight is 503 g/mol. The molecule has 10 nitrogen and oxygen atoms in total. The fourth-order valence-electron chi connectivity index (χ4n) is 3.89. The highest BCUT2D eigenvalue weighted by Gasteiger charge is 2.44. The molecule has 12 heteroatoms. The zero-order chi connectivity index (χ0) is 24.8. The van der Waals surface area contributed by atoms with Gasteiger partial charge in [-0.1, -0.05) is 0 Å². The van der Waals surface area contributed by atoms with Gasteiger partial charge in [-0.2, -0.15) is 0 Å². The lowest BCUT2D eigenvalue weighted by molar-refractivity contribution is -0.146. The number of methoxy groups -OCH3 is 1. The van der Waals surface area contributed by atoms with Crippen LogP contribution in [0.2, 0.25) is 0 Å². The second-order valence-corrected chi connectivity index (χ2v) is 12.2. The zero-order valence-corrected chi connectivity index (χ0v) is 21.4. The van der Waals surface area contributed by atoms with E-state index in [0.29, 0.717) is 50.1 Å². The minimum absolute atomic E-state index is 0.201. The number of nitrogens with one attached hydrogen (secondary N) is 2. The van der Waals surface area contributed by atoms with Gasteiger partial charge in [0.05, 0.1) is 16.9 Å². The highest BCUT2D eigenvalue weighted by molar-refractivity contribution is 8.01. The van der Waals surface area contributed by atoms with Crippen LogP contribution in [0.15, 0.2) is 0 Å². The number of thioether (sulfide) groups is 2. The van der Waals surface area contributed by atoms with E-state index in [4.69, 9.17) is 4.74 Å². The fourth-order valence-corrected chi connectivity index (χ4v) is 6.29. The molecule has 2 aliphatic heterocycles. The molecule has 186 valence electrons. The smallest absolute Gasteiger partial charge is 0.328 e. The van der Waals surface area contributed by atoms with Gasteiger partial charge in [0, 0.05) is 18.1 Å². The van der Waals surface area contributed by atoms with E-state index in [2.05, 4.69) is 10.6 Å². The summed E-state index contributed by atoms with van der Waals surface area (Å²) in [6.45, 7) is 7.93. The van der Waals surface area contributed by atoms with Crippen LogP contribution in [0, 0.1) is 0 Å². The van der Waals surface area contributed by atoms with E-state index in [-0.39, 0.29) is 11.8 Å². The van der Waals surface area contributed by atoms with Crippen molar-refractivity contribution in [2.45, 2.75) is 74.8 Å². The first-order valence-electron chi connectivity index (χ1n) is 10.9. The minimum Gasteiger partial charge on any atom is -0.467 e. The lowest BCUT2D eigenvalue weighted by Gasteiger charge is -2.31. The number of unbranched alkanes of at least 4 members (excludes halogenated alkanes) is 1. The second kappa shape index (κ2) is 11.5. The lowest BCUT2D eigenvalue weighted by atomic mass is 10.1. The summed E-state index contributed by atoms with van der Waals surface area (Å²) in [4.78, 5) is 62.3. The average Bonchev–Trinajstić information content (AvgIpc) is 3.25. The van der Waals surface area contributed by atoms with Gasteiger partial charge in [-0.25, -0.2) is 4.79 Å². The van der Waals surface area contributed by atoms with Crippen LogP contribution in [0.4, 0.5) is 0 Å². The number of hydrogen-bond donors (Lipinski definition) is 2. The van der Waals surface area contributed by atoms with E-state index in [1.165, 1.54) is 28.7 Å². The molecule has 0 aromatic heterocycles. The maximum Gasteiger partial charge on any atom is 0.328 e. The van der Waals surface area contributed by atoms with Crippen LogP contribution in [0.3, 0.4) is 0 Å². The van der Waals surface area contributed by atoms with E-state index in [0.717, 1.165) is 0 Å². The van der Waals surface area contributed by atoms with Crippen LogP contribution in [0.25, 0.3) is 0 Å². The third kappa shape index (κ3) is 6.56. The van der Waals surface area contributed by atoms with Gasteiger partial charge in [0.25, 0.3) is 0 Å². The number of esters is 1. The number of carbonyl (C=O) groups is 5. The Morgan fingerprint density at radius 1 is 0.970 bits per heavy atom. The highest BCUT2D eigenvalue weighted by atomic mass is 32.2. The maximum atomic E-state index is 12.7. The predicted molar refractivity (Wildman–Crippen MR) is 127 cm³/mol. The second-order valence-electron chi connectivity index (χ2n) is 8.94. The van der Waals surface area contributed by atoms with Crippen molar-refractivity contribution in [1.82, 2.24) is 20.4 Å². The van der Waals surface area contributed by atoms with Crippen LogP contribution in [-0.2, 0) is 28.7 Å². The van der Waals surface area contributed by atoms with Crippen molar-refractivity contribution in [3.63, 3.8) is 0 Å². The fraction of sp³-hybridized carbons (Fsp3) is 0.762. The van der Waals surface area contributed by atoms with Crippen molar-refractivity contribution in [2.24, 2.45) is 0 Å². The molecule has 2 fully saturated rings. The summed E-state index contributed by atoms with van der Waals surface area (Å²) in [5, 5.41) is 5.56. The summed E-state index contributed by atoms with van der Waals surface area (Å²) in [6, 6.07) is -1.99. The monoisotopic (exact) mass is 502 g/mol. The van der Waals surface area contributed by atoms with E-state index >= 15 is 0 Å². The van der Waals surface area contributed by atoms with Crippen LogP contribution in [0.5, 0.6) is 0 Å². The SMILES string of the molecule is COC(=O)[C@@H](CCCCNC(=O)[C@H]1CSC(C)(C)N1C=O)NC(=O)[C@@H]1CSC(C)(C)N1C=O. The predicted octanol–water partition coefficient (Wildman–Crippen LogP) is 0.551. The highest BCUT2D eigenvalue weighted by Crippen LogP contribution is 2.38. The minimum atomic E-state index is -0.835.